The van der Waals surface area contributed by atoms with Gasteiger partial charge in [-0.15, -0.1) is 0 Å². The average Bonchev–Trinajstić information content (AvgIpc) is 2.55. The molecule has 0 spiro atoms. The van der Waals surface area contributed by atoms with Crippen LogP contribution in [0.3, 0.4) is 0 Å². The third-order valence-electron chi connectivity index (χ3n) is 3.21. The van der Waals surface area contributed by atoms with Gasteiger partial charge in [0.1, 0.15) is 5.75 Å². The van der Waals surface area contributed by atoms with E-state index in [0.717, 1.165) is 0 Å². The van der Waals surface area contributed by atoms with E-state index in [9.17, 15) is 9.59 Å². The summed E-state index contributed by atoms with van der Waals surface area (Å²) in [6.45, 7) is 2.12. The van der Waals surface area contributed by atoms with Crippen molar-refractivity contribution in [2.75, 3.05) is 33.4 Å². The first-order valence-electron chi connectivity index (χ1n) is 6.86. The smallest absolute Gasteiger partial charge is 0.347 e. The number of methoxy groups -OCH3 is 1. The number of hydrogen-bond acceptors (Lipinski definition) is 5. The van der Waals surface area contributed by atoms with Crippen LogP contribution in [0.15, 0.2) is 30.3 Å². The Kier molecular flexibility index (Phi) is 5.57. The largest absolute Gasteiger partial charge is 0.478 e. The third-order valence-corrected chi connectivity index (χ3v) is 3.21. The second-order valence-corrected chi connectivity index (χ2v) is 4.64. The number of nitrogens with zero attached hydrogens (tertiary/aromatic N) is 1. The number of morpholine rings is 1. The number of esters is 1. The molecule has 1 aliphatic rings. The van der Waals surface area contributed by atoms with Crippen LogP contribution >= 0.6 is 0 Å². The van der Waals surface area contributed by atoms with Crippen LogP contribution in [0.4, 0.5) is 0 Å². The van der Waals surface area contributed by atoms with E-state index in [1.54, 1.807) is 29.2 Å². The fourth-order valence-corrected chi connectivity index (χ4v) is 2.07. The molecular formula is C15H19NO5. The van der Waals surface area contributed by atoms with Crippen LogP contribution < -0.4 is 4.74 Å². The fraction of sp³-hybridized carbons (Fsp3) is 0.467. The molecule has 0 aliphatic carbocycles. The van der Waals surface area contributed by atoms with E-state index >= 15 is 0 Å². The van der Waals surface area contributed by atoms with Gasteiger partial charge in [0.05, 0.1) is 26.7 Å². The Labute approximate surface area is 123 Å². The summed E-state index contributed by atoms with van der Waals surface area (Å²) in [7, 11) is 1.28. The first kappa shape index (κ1) is 15.3. The molecule has 114 valence electrons. The van der Waals surface area contributed by atoms with Gasteiger partial charge in [0.15, 0.2) is 0 Å². The van der Waals surface area contributed by atoms with E-state index < -0.39 is 12.1 Å². The van der Waals surface area contributed by atoms with Gasteiger partial charge in [-0.05, 0) is 12.1 Å². The molecule has 1 aromatic rings. The Morgan fingerprint density at radius 3 is 2.52 bits per heavy atom. The second-order valence-electron chi connectivity index (χ2n) is 4.64. The second kappa shape index (κ2) is 7.64. The van der Waals surface area contributed by atoms with E-state index in [4.69, 9.17) is 14.2 Å². The average molecular weight is 293 g/mol. The molecule has 0 radical (unpaired) electrons. The van der Waals surface area contributed by atoms with Crippen molar-refractivity contribution in [3.05, 3.63) is 30.3 Å². The monoisotopic (exact) mass is 293 g/mol. The summed E-state index contributed by atoms with van der Waals surface area (Å²) in [5.74, 6) is -0.159. The lowest BCUT2D eigenvalue weighted by molar-refractivity contribution is -0.153. The normalized spacial score (nSPS) is 16.1. The number of hydrogen-bond donors (Lipinski definition) is 0. The summed E-state index contributed by atoms with van der Waals surface area (Å²) >= 11 is 0. The van der Waals surface area contributed by atoms with Gasteiger partial charge in [-0.3, -0.25) is 4.79 Å². The van der Waals surface area contributed by atoms with Crippen molar-refractivity contribution < 1.29 is 23.8 Å². The van der Waals surface area contributed by atoms with Gasteiger partial charge in [-0.2, -0.15) is 0 Å². The van der Waals surface area contributed by atoms with E-state index in [1.807, 2.05) is 6.07 Å². The van der Waals surface area contributed by atoms with Crippen molar-refractivity contribution in [3.63, 3.8) is 0 Å². The van der Waals surface area contributed by atoms with Crippen molar-refractivity contribution >= 4 is 11.9 Å². The summed E-state index contributed by atoms with van der Waals surface area (Å²) in [6, 6.07) is 8.91. The zero-order valence-corrected chi connectivity index (χ0v) is 12.0. The van der Waals surface area contributed by atoms with Crippen molar-refractivity contribution in [3.8, 4) is 5.75 Å². The number of rotatable bonds is 5. The van der Waals surface area contributed by atoms with E-state index in [1.165, 1.54) is 7.11 Å². The molecular weight excluding hydrogens is 274 g/mol. The molecule has 1 aromatic carbocycles. The lowest BCUT2D eigenvalue weighted by Gasteiger charge is -2.28. The highest BCUT2D eigenvalue weighted by atomic mass is 16.6. The summed E-state index contributed by atoms with van der Waals surface area (Å²) in [6.07, 6.45) is -0.977. The van der Waals surface area contributed by atoms with E-state index in [-0.39, 0.29) is 12.3 Å². The zero-order chi connectivity index (χ0) is 15.1. The molecule has 1 atom stereocenters. The molecule has 1 unspecified atom stereocenters. The van der Waals surface area contributed by atoms with Crippen molar-refractivity contribution in [2.45, 2.75) is 12.5 Å². The molecule has 21 heavy (non-hydrogen) atoms. The quantitative estimate of drug-likeness (QED) is 0.753. The van der Waals surface area contributed by atoms with Crippen LogP contribution in [-0.4, -0.2) is 56.3 Å². The van der Waals surface area contributed by atoms with Crippen LogP contribution in [0.1, 0.15) is 6.42 Å². The Morgan fingerprint density at radius 1 is 1.24 bits per heavy atom. The molecule has 6 nitrogen and oxygen atoms in total. The Bertz CT molecular complexity index is 470. The summed E-state index contributed by atoms with van der Waals surface area (Å²) in [5.41, 5.74) is 0. The molecule has 1 amide bonds. The minimum atomic E-state index is -0.937. The lowest BCUT2D eigenvalue weighted by atomic mass is 10.2. The first-order chi connectivity index (χ1) is 10.2. The van der Waals surface area contributed by atoms with Gasteiger partial charge in [0.25, 0.3) is 0 Å². The van der Waals surface area contributed by atoms with Gasteiger partial charge in [0.2, 0.25) is 12.0 Å². The van der Waals surface area contributed by atoms with Crippen molar-refractivity contribution in [1.29, 1.82) is 0 Å². The molecule has 1 heterocycles. The zero-order valence-electron chi connectivity index (χ0n) is 12.0. The SMILES string of the molecule is COC(=O)C(CC(=O)N1CCOCC1)Oc1ccccc1. The molecule has 0 N–H and O–H groups in total. The Morgan fingerprint density at radius 2 is 1.90 bits per heavy atom. The van der Waals surface area contributed by atoms with Gasteiger partial charge >= 0.3 is 5.97 Å². The maximum Gasteiger partial charge on any atom is 0.347 e. The number of ether oxygens (including phenoxy) is 3. The van der Waals surface area contributed by atoms with Crippen LogP contribution in [-0.2, 0) is 19.1 Å². The first-order valence-corrected chi connectivity index (χ1v) is 6.86. The van der Waals surface area contributed by atoms with Gasteiger partial charge in [0, 0.05) is 13.1 Å². The third kappa shape index (κ3) is 4.46. The molecule has 0 saturated carbocycles. The van der Waals surface area contributed by atoms with Crippen molar-refractivity contribution in [2.24, 2.45) is 0 Å². The highest BCUT2D eigenvalue weighted by molar-refractivity contribution is 5.84. The van der Waals surface area contributed by atoms with E-state index in [2.05, 4.69) is 0 Å². The van der Waals surface area contributed by atoms with Crippen molar-refractivity contribution in [1.82, 2.24) is 4.90 Å². The maximum absolute atomic E-state index is 12.2. The van der Waals surface area contributed by atoms with Gasteiger partial charge in [-0.1, -0.05) is 18.2 Å². The number of carbonyl (C=O) groups is 2. The van der Waals surface area contributed by atoms with Gasteiger partial charge < -0.3 is 19.1 Å². The number of benzene rings is 1. The fourth-order valence-electron chi connectivity index (χ4n) is 2.07. The molecule has 6 heteroatoms. The standard InChI is InChI=1S/C15H19NO5/c1-19-15(18)13(21-12-5-3-2-4-6-12)11-14(17)16-7-9-20-10-8-16/h2-6,13H,7-11H2,1H3. The lowest BCUT2D eigenvalue weighted by Crippen LogP contribution is -2.43. The highest BCUT2D eigenvalue weighted by Gasteiger charge is 2.28. The predicted molar refractivity (Wildman–Crippen MR) is 74.9 cm³/mol. The van der Waals surface area contributed by atoms with Crippen LogP contribution in [0.2, 0.25) is 0 Å². The Balaban J connectivity index is 1.99. The Hall–Kier alpha value is -2.08. The summed E-state index contributed by atoms with van der Waals surface area (Å²) in [4.78, 5) is 25.7. The van der Waals surface area contributed by atoms with Crippen LogP contribution in [0.5, 0.6) is 5.75 Å². The molecule has 1 aliphatic heterocycles. The topological polar surface area (TPSA) is 65.1 Å². The van der Waals surface area contributed by atoms with E-state index in [0.29, 0.717) is 32.1 Å². The summed E-state index contributed by atoms with van der Waals surface area (Å²) < 4.78 is 15.5. The maximum atomic E-state index is 12.2. The number of para-hydroxylation sites is 1. The number of amides is 1. The minimum absolute atomic E-state index is 0.0401. The summed E-state index contributed by atoms with van der Waals surface area (Å²) in [5, 5.41) is 0. The molecule has 0 bridgehead atoms. The number of carbonyl (C=O) groups excluding carboxylic acids is 2. The molecule has 1 fully saturated rings. The van der Waals surface area contributed by atoms with Gasteiger partial charge in [-0.25, -0.2) is 4.79 Å². The molecule has 0 aromatic heterocycles. The molecule has 2 rings (SSSR count). The minimum Gasteiger partial charge on any atom is -0.478 e. The predicted octanol–water partition coefficient (Wildman–Crippen LogP) is 0.856. The van der Waals surface area contributed by atoms with Crippen LogP contribution in [0.25, 0.3) is 0 Å². The molecule has 1 saturated heterocycles. The van der Waals surface area contributed by atoms with Crippen LogP contribution in [0, 0.1) is 0 Å². The highest BCUT2D eigenvalue weighted by Crippen LogP contribution is 2.14.